The van der Waals surface area contributed by atoms with Crippen LogP contribution >= 0.6 is 0 Å². The lowest BCUT2D eigenvalue weighted by Crippen LogP contribution is -2.01. The Morgan fingerprint density at radius 1 is 0.489 bits per heavy atom. The molecule has 1 aliphatic carbocycles. The van der Waals surface area contributed by atoms with Gasteiger partial charge in [0, 0.05) is 23.2 Å². The number of hydrogen-bond donors (Lipinski definition) is 0. The standard InChI is InChI=1S/C43H30N2/c1-3-10-30(11-4-1)32-21-23-37-38(35-14-7-8-15-36(35)39(37)27-32)26-29-17-19-31(20-18-29)33-22-24-41-40(28-33)43-42(16-9-25-44-43)45(41)34-12-5-2-6-13-34/h1-25,27-28,38H,26H2. The van der Waals surface area contributed by atoms with Crippen molar-refractivity contribution in [2.45, 2.75) is 12.3 Å². The van der Waals surface area contributed by atoms with Gasteiger partial charge in [-0.2, -0.15) is 0 Å². The van der Waals surface area contributed by atoms with Crippen molar-refractivity contribution in [3.8, 4) is 39.1 Å². The lowest BCUT2D eigenvalue weighted by atomic mass is 9.89. The molecule has 6 aromatic carbocycles. The SMILES string of the molecule is c1ccc(-c2ccc3c(c2)-c2ccccc2C3Cc2ccc(-c3ccc4c(c3)c3ncccc3n4-c3ccccc3)cc2)cc1. The molecule has 212 valence electrons. The van der Waals surface area contributed by atoms with Gasteiger partial charge in [-0.15, -0.1) is 0 Å². The molecule has 0 fully saturated rings. The Labute approximate surface area is 262 Å². The minimum atomic E-state index is 0.346. The third-order valence-corrected chi connectivity index (χ3v) is 9.42. The molecule has 8 aromatic rings. The van der Waals surface area contributed by atoms with Crippen molar-refractivity contribution < 1.29 is 0 Å². The second kappa shape index (κ2) is 10.5. The van der Waals surface area contributed by atoms with Gasteiger partial charge in [0.15, 0.2) is 0 Å². The zero-order chi connectivity index (χ0) is 29.7. The third kappa shape index (κ3) is 4.29. The van der Waals surface area contributed by atoms with E-state index in [1.807, 2.05) is 12.3 Å². The van der Waals surface area contributed by atoms with Crippen LogP contribution in [0.2, 0.25) is 0 Å². The van der Waals surface area contributed by atoms with E-state index < -0.39 is 0 Å². The van der Waals surface area contributed by atoms with Crippen molar-refractivity contribution in [1.82, 2.24) is 9.55 Å². The Hall–Kier alpha value is -5.73. The van der Waals surface area contributed by atoms with Crippen LogP contribution in [0, 0.1) is 0 Å². The highest BCUT2D eigenvalue weighted by molar-refractivity contribution is 6.08. The van der Waals surface area contributed by atoms with Gasteiger partial charge in [-0.1, -0.05) is 115 Å². The number of benzene rings is 6. The average Bonchev–Trinajstić information content (AvgIpc) is 3.61. The van der Waals surface area contributed by atoms with Crippen molar-refractivity contribution >= 4 is 21.9 Å². The first-order chi connectivity index (χ1) is 22.3. The van der Waals surface area contributed by atoms with E-state index in [2.05, 4.69) is 156 Å². The summed E-state index contributed by atoms with van der Waals surface area (Å²) in [5, 5.41) is 1.17. The van der Waals surface area contributed by atoms with Crippen LogP contribution in [0.4, 0.5) is 0 Å². The van der Waals surface area contributed by atoms with Crippen LogP contribution in [0.15, 0.2) is 164 Å². The summed E-state index contributed by atoms with van der Waals surface area (Å²) >= 11 is 0. The van der Waals surface area contributed by atoms with E-state index in [0.29, 0.717) is 5.92 Å². The summed E-state index contributed by atoms with van der Waals surface area (Å²) in [6.07, 6.45) is 2.86. The number of rotatable bonds is 5. The molecule has 2 heteroatoms. The molecule has 2 aromatic heterocycles. The van der Waals surface area contributed by atoms with E-state index >= 15 is 0 Å². The lowest BCUT2D eigenvalue weighted by Gasteiger charge is -2.15. The van der Waals surface area contributed by atoms with Gasteiger partial charge < -0.3 is 4.57 Å². The predicted molar refractivity (Wildman–Crippen MR) is 187 cm³/mol. The highest BCUT2D eigenvalue weighted by atomic mass is 15.0. The van der Waals surface area contributed by atoms with Gasteiger partial charge in [0.25, 0.3) is 0 Å². The number of para-hydroxylation sites is 1. The zero-order valence-electron chi connectivity index (χ0n) is 24.8. The number of hydrogen-bond acceptors (Lipinski definition) is 1. The van der Waals surface area contributed by atoms with Crippen molar-refractivity contribution in [2.75, 3.05) is 0 Å². The van der Waals surface area contributed by atoms with Crippen LogP contribution in [-0.2, 0) is 6.42 Å². The van der Waals surface area contributed by atoms with Gasteiger partial charge in [-0.3, -0.25) is 4.98 Å². The van der Waals surface area contributed by atoms with Crippen molar-refractivity contribution in [2.24, 2.45) is 0 Å². The van der Waals surface area contributed by atoms with Crippen LogP contribution in [0.5, 0.6) is 0 Å². The maximum Gasteiger partial charge on any atom is 0.0963 e. The smallest absolute Gasteiger partial charge is 0.0963 e. The fourth-order valence-electron chi connectivity index (χ4n) is 7.28. The Morgan fingerprint density at radius 2 is 1.16 bits per heavy atom. The summed E-state index contributed by atoms with van der Waals surface area (Å²) in [6, 6.07) is 57.3. The van der Waals surface area contributed by atoms with E-state index in [1.165, 1.54) is 61.0 Å². The van der Waals surface area contributed by atoms with Crippen LogP contribution in [0.25, 0.3) is 61.0 Å². The second-order valence-electron chi connectivity index (χ2n) is 12.0. The number of pyridine rings is 1. The molecule has 0 saturated carbocycles. The Kier molecular flexibility index (Phi) is 5.99. The van der Waals surface area contributed by atoms with Gasteiger partial charge in [0.1, 0.15) is 0 Å². The van der Waals surface area contributed by atoms with E-state index in [0.717, 1.165) is 23.1 Å². The van der Waals surface area contributed by atoms with Gasteiger partial charge >= 0.3 is 0 Å². The second-order valence-corrected chi connectivity index (χ2v) is 12.0. The van der Waals surface area contributed by atoms with Crippen LogP contribution in [-0.4, -0.2) is 9.55 Å². The average molecular weight is 575 g/mol. The first-order valence-electron chi connectivity index (χ1n) is 15.6. The first-order valence-corrected chi connectivity index (χ1v) is 15.6. The molecule has 0 spiro atoms. The summed E-state index contributed by atoms with van der Waals surface area (Å²) < 4.78 is 2.31. The molecule has 0 N–H and O–H groups in total. The molecule has 1 aliphatic rings. The van der Waals surface area contributed by atoms with E-state index in [4.69, 9.17) is 4.98 Å². The number of nitrogens with zero attached hydrogens (tertiary/aromatic N) is 2. The quantitative estimate of drug-likeness (QED) is 0.200. The van der Waals surface area contributed by atoms with E-state index in [-0.39, 0.29) is 0 Å². The fourth-order valence-corrected chi connectivity index (χ4v) is 7.28. The minimum Gasteiger partial charge on any atom is -0.308 e. The van der Waals surface area contributed by atoms with Gasteiger partial charge in [0.2, 0.25) is 0 Å². The molecule has 1 unspecified atom stereocenters. The summed E-state index contributed by atoms with van der Waals surface area (Å²) in [5.41, 5.74) is 16.4. The molecule has 2 nitrogen and oxygen atoms in total. The van der Waals surface area contributed by atoms with Gasteiger partial charge in [0.05, 0.1) is 16.6 Å². The molecule has 9 rings (SSSR count). The van der Waals surface area contributed by atoms with E-state index in [9.17, 15) is 0 Å². The molecular formula is C43H30N2. The summed E-state index contributed by atoms with van der Waals surface area (Å²) in [5.74, 6) is 0.346. The monoisotopic (exact) mass is 574 g/mol. The molecule has 45 heavy (non-hydrogen) atoms. The lowest BCUT2D eigenvalue weighted by molar-refractivity contribution is 0.827. The fraction of sp³-hybridized carbons (Fsp3) is 0.0465. The third-order valence-electron chi connectivity index (χ3n) is 9.42. The Bertz CT molecular complexity index is 2330. The van der Waals surface area contributed by atoms with Crippen molar-refractivity contribution in [1.29, 1.82) is 0 Å². The summed E-state index contributed by atoms with van der Waals surface area (Å²) in [6.45, 7) is 0. The van der Waals surface area contributed by atoms with Crippen LogP contribution < -0.4 is 0 Å². The summed E-state index contributed by atoms with van der Waals surface area (Å²) in [7, 11) is 0. The molecular weight excluding hydrogens is 544 g/mol. The summed E-state index contributed by atoms with van der Waals surface area (Å²) in [4.78, 5) is 4.80. The van der Waals surface area contributed by atoms with Crippen molar-refractivity contribution in [3.05, 3.63) is 181 Å². The maximum atomic E-state index is 4.80. The molecule has 0 amide bonds. The Balaban J connectivity index is 1.05. The normalized spacial score (nSPS) is 13.6. The van der Waals surface area contributed by atoms with Gasteiger partial charge in [-0.25, -0.2) is 0 Å². The van der Waals surface area contributed by atoms with Gasteiger partial charge in [-0.05, 0) is 99.0 Å². The highest BCUT2D eigenvalue weighted by Crippen LogP contribution is 2.47. The topological polar surface area (TPSA) is 17.8 Å². The largest absolute Gasteiger partial charge is 0.308 e. The highest BCUT2D eigenvalue weighted by Gasteiger charge is 2.28. The van der Waals surface area contributed by atoms with Crippen LogP contribution in [0.3, 0.4) is 0 Å². The van der Waals surface area contributed by atoms with E-state index in [1.54, 1.807) is 0 Å². The molecule has 1 atom stereocenters. The number of aromatic nitrogens is 2. The number of fused-ring (bicyclic) bond motifs is 6. The maximum absolute atomic E-state index is 4.80. The molecule has 0 bridgehead atoms. The minimum absolute atomic E-state index is 0.346. The Morgan fingerprint density at radius 3 is 2.00 bits per heavy atom. The molecule has 0 aliphatic heterocycles. The van der Waals surface area contributed by atoms with Crippen molar-refractivity contribution in [3.63, 3.8) is 0 Å². The van der Waals surface area contributed by atoms with Crippen LogP contribution in [0.1, 0.15) is 22.6 Å². The predicted octanol–water partition coefficient (Wildman–Crippen LogP) is 10.9. The molecule has 0 radical (unpaired) electrons. The molecule has 0 saturated heterocycles. The zero-order valence-corrected chi connectivity index (χ0v) is 24.8. The molecule has 2 heterocycles. The first kappa shape index (κ1) is 25.7.